The molecule has 1 atom stereocenters. The van der Waals surface area contributed by atoms with E-state index < -0.39 is 0 Å². The minimum atomic E-state index is -0.0109. The lowest BCUT2D eigenvalue weighted by Crippen LogP contribution is -2.36. The molecule has 2 heterocycles. The predicted molar refractivity (Wildman–Crippen MR) is 55.2 cm³/mol. The van der Waals surface area contributed by atoms with Crippen LogP contribution in [0.4, 0.5) is 0 Å². The number of nitrogens with one attached hydrogen (secondary N) is 1. The van der Waals surface area contributed by atoms with Gasteiger partial charge in [-0.2, -0.15) is 0 Å². The highest BCUT2D eigenvalue weighted by Crippen LogP contribution is 2.23. The molecule has 0 aliphatic carbocycles. The predicted octanol–water partition coefficient (Wildman–Crippen LogP) is 1.00. The minimum Gasteiger partial charge on any atom is -0.377 e. The maximum atomic E-state index is 5.61. The first kappa shape index (κ1) is 9.62. The Kier molecular flexibility index (Phi) is 2.79. The molecule has 0 aromatic carbocycles. The number of ether oxygens (including phenoxy) is 1. The molecule has 3 heteroatoms. The average Bonchev–Trinajstić information content (AvgIpc) is 2.69. The lowest BCUT2D eigenvalue weighted by Gasteiger charge is -2.26. The largest absolute Gasteiger partial charge is 0.377 e. The van der Waals surface area contributed by atoms with Crippen LogP contribution >= 0.6 is 0 Å². The van der Waals surface area contributed by atoms with E-state index in [9.17, 15) is 0 Å². The van der Waals surface area contributed by atoms with E-state index in [4.69, 9.17) is 4.74 Å². The molecule has 0 saturated carbocycles. The monoisotopic (exact) mass is 192 g/mol. The van der Waals surface area contributed by atoms with Crippen molar-refractivity contribution >= 4 is 0 Å². The molecule has 1 aliphatic rings. The summed E-state index contributed by atoms with van der Waals surface area (Å²) < 4.78 is 5.61. The number of hydrogen-bond acceptors (Lipinski definition) is 3. The van der Waals surface area contributed by atoms with Gasteiger partial charge in [-0.3, -0.25) is 4.98 Å². The molecule has 1 fully saturated rings. The first-order chi connectivity index (χ1) is 6.85. The van der Waals surface area contributed by atoms with Gasteiger partial charge in [-0.25, -0.2) is 0 Å². The van der Waals surface area contributed by atoms with Crippen molar-refractivity contribution in [3.8, 4) is 0 Å². The first-order valence-corrected chi connectivity index (χ1v) is 4.99. The Morgan fingerprint density at radius 2 is 2.57 bits per heavy atom. The first-order valence-electron chi connectivity index (χ1n) is 4.99. The third-order valence-corrected chi connectivity index (χ3v) is 2.89. The topological polar surface area (TPSA) is 34.1 Å². The molecule has 1 saturated heterocycles. The zero-order valence-corrected chi connectivity index (χ0v) is 8.49. The van der Waals surface area contributed by atoms with Crippen LogP contribution in [0.3, 0.4) is 0 Å². The van der Waals surface area contributed by atoms with E-state index >= 15 is 0 Å². The molecule has 1 aromatic rings. The van der Waals surface area contributed by atoms with Gasteiger partial charge in [0.25, 0.3) is 0 Å². The second kappa shape index (κ2) is 4.07. The number of aromatic nitrogens is 1. The number of pyridine rings is 1. The van der Waals surface area contributed by atoms with E-state index in [1.807, 2.05) is 12.3 Å². The number of rotatable bonds is 3. The van der Waals surface area contributed by atoms with E-state index in [0.29, 0.717) is 0 Å². The second-order valence-electron chi connectivity index (χ2n) is 3.85. The van der Waals surface area contributed by atoms with Crippen LogP contribution in [0, 0.1) is 0 Å². The van der Waals surface area contributed by atoms with Gasteiger partial charge in [0.05, 0.1) is 5.60 Å². The van der Waals surface area contributed by atoms with E-state index in [2.05, 4.69) is 16.4 Å². The molecular formula is C11H16N2O. The summed E-state index contributed by atoms with van der Waals surface area (Å²) in [7, 11) is 1.80. The highest BCUT2D eigenvalue weighted by atomic mass is 16.5. The molecule has 1 aromatic heterocycles. The fourth-order valence-corrected chi connectivity index (χ4v) is 1.99. The molecule has 1 unspecified atom stereocenters. The Balaban J connectivity index is 2.08. The van der Waals surface area contributed by atoms with E-state index in [0.717, 1.165) is 25.9 Å². The smallest absolute Gasteiger partial charge is 0.0855 e. The van der Waals surface area contributed by atoms with E-state index in [1.165, 1.54) is 5.56 Å². The van der Waals surface area contributed by atoms with Crippen molar-refractivity contribution in [2.24, 2.45) is 0 Å². The van der Waals surface area contributed by atoms with Crippen LogP contribution in [0.2, 0.25) is 0 Å². The van der Waals surface area contributed by atoms with Gasteiger partial charge in [0.15, 0.2) is 0 Å². The van der Waals surface area contributed by atoms with Crippen molar-refractivity contribution in [1.29, 1.82) is 0 Å². The van der Waals surface area contributed by atoms with Gasteiger partial charge >= 0.3 is 0 Å². The van der Waals surface area contributed by atoms with Crippen molar-refractivity contribution in [3.05, 3.63) is 30.1 Å². The lowest BCUT2D eigenvalue weighted by molar-refractivity contribution is 0.00770. The summed E-state index contributed by atoms with van der Waals surface area (Å²) in [6, 6.07) is 4.08. The van der Waals surface area contributed by atoms with Crippen LogP contribution in [-0.2, 0) is 11.2 Å². The molecule has 0 radical (unpaired) electrons. The minimum absolute atomic E-state index is 0.0109. The van der Waals surface area contributed by atoms with Crippen molar-refractivity contribution < 1.29 is 4.74 Å². The molecule has 0 amide bonds. The molecular weight excluding hydrogens is 176 g/mol. The van der Waals surface area contributed by atoms with Crippen molar-refractivity contribution in [3.63, 3.8) is 0 Å². The Morgan fingerprint density at radius 3 is 3.14 bits per heavy atom. The van der Waals surface area contributed by atoms with Crippen LogP contribution in [0.5, 0.6) is 0 Å². The average molecular weight is 192 g/mol. The van der Waals surface area contributed by atoms with Gasteiger partial charge in [0, 0.05) is 32.5 Å². The van der Waals surface area contributed by atoms with Crippen LogP contribution in [0.1, 0.15) is 12.0 Å². The summed E-state index contributed by atoms with van der Waals surface area (Å²) in [6.45, 7) is 1.99. The third-order valence-electron chi connectivity index (χ3n) is 2.89. The standard InChI is InChI=1S/C11H16N2O/c1-14-11(4-6-13-9-11)7-10-3-2-5-12-8-10/h2-3,5,8,13H,4,6-7,9H2,1H3. The molecule has 1 aliphatic heterocycles. The molecule has 76 valence electrons. The second-order valence-corrected chi connectivity index (χ2v) is 3.85. The maximum absolute atomic E-state index is 5.61. The Bertz CT molecular complexity index is 281. The van der Waals surface area contributed by atoms with Gasteiger partial charge in [0.1, 0.15) is 0 Å². The summed E-state index contributed by atoms with van der Waals surface area (Å²) in [5.74, 6) is 0. The molecule has 1 N–H and O–H groups in total. The van der Waals surface area contributed by atoms with E-state index in [-0.39, 0.29) is 5.60 Å². The molecule has 3 nitrogen and oxygen atoms in total. The van der Waals surface area contributed by atoms with Crippen molar-refractivity contribution in [1.82, 2.24) is 10.3 Å². The summed E-state index contributed by atoms with van der Waals surface area (Å²) in [4.78, 5) is 4.12. The van der Waals surface area contributed by atoms with Crippen LogP contribution in [-0.4, -0.2) is 30.8 Å². The van der Waals surface area contributed by atoms with Gasteiger partial charge in [-0.15, -0.1) is 0 Å². The van der Waals surface area contributed by atoms with Gasteiger partial charge < -0.3 is 10.1 Å². The van der Waals surface area contributed by atoms with Crippen LogP contribution in [0.15, 0.2) is 24.5 Å². The summed E-state index contributed by atoms with van der Waals surface area (Å²) in [6.07, 6.45) is 5.75. The Labute approximate surface area is 84.5 Å². The van der Waals surface area contributed by atoms with Gasteiger partial charge in [0.2, 0.25) is 0 Å². The molecule has 2 rings (SSSR count). The zero-order chi connectivity index (χ0) is 9.86. The highest BCUT2D eigenvalue weighted by Gasteiger charge is 2.33. The third kappa shape index (κ3) is 1.94. The fraction of sp³-hybridized carbons (Fsp3) is 0.545. The number of hydrogen-bond donors (Lipinski definition) is 1. The Morgan fingerprint density at radius 1 is 1.64 bits per heavy atom. The number of methoxy groups -OCH3 is 1. The van der Waals surface area contributed by atoms with Crippen molar-refractivity contribution in [2.75, 3.05) is 20.2 Å². The normalized spacial score (nSPS) is 26.6. The lowest BCUT2D eigenvalue weighted by atomic mass is 9.94. The van der Waals surface area contributed by atoms with Gasteiger partial charge in [-0.1, -0.05) is 6.07 Å². The summed E-state index contributed by atoms with van der Waals surface area (Å²) >= 11 is 0. The Hall–Kier alpha value is -0.930. The fourth-order valence-electron chi connectivity index (χ4n) is 1.99. The SMILES string of the molecule is COC1(Cc2cccnc2)CCNC1. The van der Waals surface area contributed by atoms with Gasteiger partial charge in [-0.05, 0) is 24.6 Å². The molecule has 14 heavy (non-hydrogen) atoms. The maximum Gasteiger partial charge on any atom is 0.0855 e. The summed E-state index contributed by atoms with van der Waals surface area (Å²) in [5, 5.41) is 3.34. The van der Waals surface area contributed by atoms with Crippen LogP contribution in [0.25, 0.3) is 0 Å². The molecule has 0 bridgehead atoms. The molecule has 0 spiro atoms. The zero-order valence-electron chi connectivity index (χ0n) is 8.49. The van der Waals surface area contributed by atoms with Crippen LogP contribution < -0.4 is 5.32 Å². The van der Waals surface area contributed by atoms with E-state index in [1.54, 1.807) is 13.3 Å². The quantitative estimate of drug-likeness (QED) is 0.776. The highest BCUT2D eigenvalue weighted by molar-refractivity contribution is 5.13. The number of nitrogens with zero attached hydrogens (tertiary/aromatic N) is 1. The summed E-state index contributed by atoms with van der Waals surface area (Å²) in [5.41, 5.74) is 1.24. The van der Waals surface area contributed by atoms with Crippen molar-refractivity contribution in [2.45, 2.75) is 18.4 Å².